The number of rotatable bonds is 6. The fourth-order valence-corrected chi connectivity index (χ4v) is 4.60. The molecule has 3 atom stereocenters. The quantitative estimate of drug-likeness (QED) is 0.444. The number of nitrogens with zero attached hydrogens (tertiary/aromatic N) is 4. The van der Waals surface area contributed by atoms with Gasteiger partial charge in [0.05, 0.1) is 24.8 Å². The van der Waals surface area contributed by atoms with Gasteiger partial charge in [-0.25, -0.2) is 14.2 Å². The minimum absolute atomic E-state index is 0.165. The molecule has 210 valence electrons. The van der Waals surface area contributed by atoms with Gasteiger partial charge in [-0.2, -0.15) is 13.2 Å². The number of carbonyl (C=O) groups is 1. The summed E-state index contributed by atoms with van der Waals surface area (Å²) in [5.74, 6) is -0.257. The molecule has 2 aromatic heterocycles. The van der Waals surface area contributed by atoms with Crippen LogP contribution in [0.4, 0.5) is 22.4 Å². The van der Waals surface area contributed by atoms with Crippen LogP contribution in [0.3, 0.4) is 0 Å². The fraction of sp³-hybridized carbons (Fsp3) is 0.654. The van der Waals surface area contributed by atoms with Gasteiger partial charge in [0.2, 0.25) is 0 Å². The second-order valence-electron chi connectivity index (χ2n) is 10.6. The molecule has 1 amide bonds. The molecule has 4 rings (SSSR count). The number of hydrogen-bond donors (Lipinski definition) is 0. The zero-order valence-corrected chi connectivity index (χ0v) is 21.8. The topological polar surface area (TPSA) is 78.7 Å². The zero-order valence-electron chi connectivity index (χ0n) is 21.8. The van der Waals surface area contributed by atoms with Crippen molar-refractivity contribution in [1.82, 2.24) is 19.4 Å². The third-order valence-corrected chi connectivity index (χ3v) is 6.45. The molecule has 38 heavy (non-hydrogen) atoms. The number of amides is 1. The van der Waals surface area contributed by atoms with Crippen LogP contribution in [0.1, 0.15) is 63.9 Å². The van der Waals surface area contributed by atoms with Gasteiger partial charge in [0.25, 0.3) is 0 Å². The van der Waals surface area contributed by atoms with E-state index in [0.717, 1.165) is 31.5 Å². The van der Waals surface area contributed by atoms with Gasteiger partial charge in [0.15, 0.2) is 6.29 Å². The summed E-state index contributed by atoms with van der Waals surface area (Å²) >= 11 is 0. The van der Waals surface area contributed by atoms with Crippen molar-refractivity contribution in [3.63, 3.8) is 0 Å². The van der Waals surface area contributed by atoms with E-state index in [1.165, 1.54) is 11.0 Å². The Morgan fingerprint density at radius 2 is 2.00 bits per heavy atom. The molecule has 0 spiro atoms. The van der Waals surface area contributed by atoms with E-state index in [2.05, 4.69) is 9.97 Å². The van der Waals surface area contributed by atoms with Crippen LogP contribution in [-0.2, 0) is 26.9 Å². The predicted molar refractivity (Wildman–Crippen MR) is 130 cm³/mol. The minimum Gasteiger partial charge on any atom is -0.444 e. The predicted octanol–water partition coefficient (Wildman–Crippen LogP) is 5.57. The van der Waals surface area contributed by atoms with Gasteiger partial charge in [-0.3, -0.25) is 4.98 Å². The summed E-state index contributed by atoms with van der Waals surface area (Å²) in [7, 11) is 0. The molecule has 12 heteroatoms. The molecule has 8 nitrogen and oxygen atoms in total. The number of carbonyl (C=O) groups excluding carboxylic acids is 1. The van der Waals surface area contributed by atoms with Crippen molar-refractivity contribution in [1.29, 1.82) is 0 Å². The number of likely N-dealkylation sites (tertiary alicyclic amines) is 1. The molecule has 2 saturated heterocycles. The Kier molecular flexibility index (Phi) is 8.61. The van der Waals surface area contributed by atoms with E-state index in [0.29, 0.717) is 19.0 Å². The van der Waals surface area contributed by atoms with Crippen molar-refractivity contribution in [2.24, 2.45) is 0 Å². The van der Waals surface area contributed by atoms with Gasteiger partial charge < -0.3 is 23.7 Å². The number of imidazole rings is 1. The highest BCUT2D eigenvalue weighted by Crippen LogP contribution is 2.34. The molecular weight excluding hydrogens is 508 g/mol. The maximum atomic E-state index is 15.5. The SMILES string of the molecule is CC(C)(C)OC(=O)N1CCC(c2nc(-c3ccnc(C(F)(F)F)c3)cn2CCOC2CCCCO2)C(F)C1. The van der Waals surface area contributed by atoms with Gasteiger partial charge in [-0.15, -0.1) is 0 Å². The van der Waals surface area contributed by atoms with Crippen LogP contribution in [-0.4, -0.2) is 69.9 Å². The molecule has 2 aliphatic heterocycles. The van der Waals surface area contributed by atoms with E-state index >= 15 is 4.39 Å². The Morgan fingerprint density at radius 1 is 1.21 bits per heavy atom. The first-order valence-electron chi connectivity index (χ1n) is 12.9. The molecule has 0 saturated carbocycles. The van der Waals surface area contributed by atoms with Crippen LogP contribution < -0.4 is 0 Å². The number of piperidine rings is 1. The summed E-state index contributed by atoms with van der Waals surface area (Å²) < 4.78 is 73.8. The van der Waals surface area contributed by atoms with Gasteiger partial charge in [-0.1, -0.05) is 0 Å². The molecule has 4 heterocycles. The fourth-order valence-electron chi connectivity index (χ4n) is 4.60. The van der Waals surface area contributed by atoms with Gasteiger partial charge in [0.1, 0.15) is 23.3 Å². The molecular formula is C26H34F4N4O4. The summed E-state index contributed by atoms with van der Waals surface area (Å²) in [6.07, 6.45) is -1.17. The zero-order chi connectivity index (χ0) is 27.5. The van der Waals surface area contributed by atoms with Crippen LogP contribution in [0.15, 0.2) is 24.5 Å². The molecule has 0 radical (unpaired) electrons. The lowest BCUT2D eigenvalue weighted by Crippen LogP contribution is -2.46. The van der Waals surface area contributed by atoms with Gasteiger partial charge in [0, 0.05) is 37.7 Å². The average Bonchev–Trinajstić information content (AvgIpc) is 3.27. The number of halogens is 4. The summed E-state index contributed by atoms with van der Waals surface area (Å²) in [5, 5.41) is 0. The summed E-state index contributed by atoms with van der Waals surface area (Å²) in [6, 6.07) is 2.37. The molecule has 0 aliphatic carbocycles. The molecule has 0 aromatic carbocycles. The normalized spacial score (nSPS) is 22.9. The minimum atomic E-state index is -4.60. The monoisotopic (exact) mass is 542 g/mol. The van der Waals surface area contributed by atoms with Crippen LogP contribution in [0.25, 0.3) is 11.3 Å². The third kappa shape index (κ3) is 7.22. The Balaban J connectivity index is 1.55. The summed E-state index contributed by atoms with van der Waals surface area (Å²) in [5.41, 5.74) is -1.22. The number of aromatic nitrogens is 3. The summed E-state index contributed by atoms with van der Waals surface area (Å²) in [6.45, 7) is 6.55. The molecule has 0 N–H and O–H groups in total. The van der Waals surface area contributed by atoms with E-state index < -0.39 is 35.7 Å². The summed E-state index contributed by atoms with van der Waals surface area (Å²) in [4.78, 5) is 21.8. The Morgan fingerprint density at radius 3 is 2.66 bits per heavy atom. The van der Waals surface area contributed by atoms with Crippen molar-refractivity contribution in [3.05, 3.63) is 36.0 Å². The van der Waals surface area contributed by atoms with Crippen molar-refractivity contribution >= 4 is 6.09 Å². The average molecular weight is 543 g/mol. The first-order valence-corrected chi connectivity index (χ1v) is 12.9. The molecule has 3 unspecified atom stereocenters. The molecule has 2 aliphatic rings. The first kappa shape index (κ1) is 28.3. The van der Waals surface area contributed by atoms with E-state index in [4.69, 9.17) is 14.2 Å². The van der Waals surface area contributed by atoms with Gasteiger partial charge in [-0.05, 0) is 58.6 Å². The standard InChI is InChI=1S/C26H34F4N4O4/c1-25(2,3)38-24(35)34-10-8-18(19(27)15-34)23-32-20(17-7-9-31-21(14-17)26(28,29)30)16-33(23)11-13-37-22-6-4-5-12-36-22/h7,9,14,16,18-19,22H,4-6,8,10-13,15H2,1-3H3. The van der Waals surface area contributed by atoms with E-state index in [9.17, 15) is 18.0 Å². The van der Waals surface area contributed by atoms with Crippen molar-refractivity contribution < 1.29 is 36.6 Å². The van der Waals surface area contributed by atoms with Crippen LogP contribution in [0, 0.1) is 0 Å². The van der Waals surface area contributed by atoms with E-state index in [-0.39, 0.29) is 43.7 Å². The molecule has 0 bridgehead atoms. The van der Waals surface area contributed by atoms with Crippen molar-refractivity contribution in [3.8, 4) is 11.3 Å². The van der Waals surface area contributed by atoms with Crippen molar-refractivity contribution in [2.45, 2.75) is 83.2 Å². The maximum Gasteiger partial charge on any atom is 0.433 e. The van der Waals surface area contributed by atoms with Crippen LogP contribution in [0.2, 0.25) is 0 Å². The third-order valence-electron chi connectivity index (χ3n) is 6.45. The second kappa shape index (κ2) is 11.6. The number of ether oxygens (including phenoxy) is 3. The Labute approximate surface area is 219 Å². The lowest BCUT2D eigenvalue weighted by Gasteiger charge is -2.35. The molecule has 2 aromatic rings. The van der Waals surface area contributed by atoms with Crippen molar-refractivity contribution in [2.75, 3.05) is 26.3 Å². The largest absolute Gasteiger partial charge is 0.444 e. The van der Waals surface area contributed by atoms with E-state index in [1.54, 1.807) is 31.5 Å². The van der Waals surface area contributed by atoms with Gasteiger partial charge >= 0.3 is 12.3 Å². The lowest BCUT2D eigenvalue weighted by molar-refractivity contribution is -0.163. The highest BCUT2D eigenvalue weighted by atomic mass is 19.4. The molecule has 2 fully saturated rings. The second-order valence-corrected chi connectivity index (χ2v) is 10.6. The van der Waals surface area contributed by atoms with Crippen LogP contribution >= 0.6 is 0 Å². The first-order chi connectivity index (χ1) is 17.9. The maximum absolute atomic E-state index is 15.5. The highest BCUT2D eigenvalue weighted by Gasteiger charge is 2.37. The number of pyridine rings is 1. The smallest absolute Gasteiger partial charge is 0.433 e. The Bertz CT molecular complexity index is 1100. The van der Waals surface area contributed by atoms with E-state index in [1.807, 2.05) is 0 Å². The lowest BCUT2D eigenvalue weighted by atomic mass is 9.94. The highest BCUT2D eigenvalue weighted by molar-refractivity contribution is 5.68. The van der Waals surface area contributed by atoms with Crippen LogP contribution in [0.5, 0.6) is 0 Å². The Hall–Kier alpha value is -2.73. The number of alkyl halides is 4. The number of hydrogen-bond acceptors (Lipinski definition) is 6.